The molecular formula is C53H99NO5. The van der Waals surface area contributed by atoms with Crippen molar-refractivity contribution in [2.45, 2.75) is 283 Å². The molecule has 6 nitrogen and oxygen atoms in total. The van der Waals surface area contributed by atoms with E-state index in [0.29, 0.717) is 19.3 Å². The number of carbonyl (C=O) groups excluding carboxylic acids is 2. The van der Waals surface area contributed by atoms with Crippen LogP contribution in [0.4, 0.5) is 0 Å². The van der Waals surface area contributed by atoms with Crippen molar-refractivity contribution in [3.63, 3.8) is 0 Å². The van der Waals surface area contributed by atoms with Crippen molar-refractivity contribution in [3.8, 4) is 0 Å². The average Bonchev–Trinajstić information content (AvgIpc) is 3.23. The van der Waals surface area contributed by atoms with Crippen molar-refractivity contribution in [2.75, 3.05) is 6.61 Å². The molecule has 0 heterocycles. The largest absolute Gasteiger partial charge is 0.462 e. The van der Waals surface area contributed by atoms with Gasteiger partial charge in [-0.2, -0.15) is 0 Å². The Morgan fingerprint density at radius 3 is 1.39 bits per heavy atom. The fourth-order valence-corrected chi connectivity index (χ4v) is 7.86. The molecule has 6 heteroatoms. The second-order valence-electron chi connectivity index (χ2n) is 17.5. The van der Waals surface area contributed by atoms with Crippen molar-refractivity contribution >= 4 is 11.9 Å². The molecule has 0 spiro atoms. The van der Waals surface area contributed by atoms with E-state index >= 15 is 0 Å². The molecule has 0 aromatic rings. The molecule has 1 amide bonds. The lowest BCUT2D eigenvalue weighted by atomic mass is 10.0. The number of hydrogen-bond acceptors (Lipinski definition) is 5. The van der Waals surface area contributed by atoms with Crippen LogP contribution in [0.15, 0.2) is 36.5 Å². The topological polar surface area (TPSA) is 95.9 Å². The summed E-state index contributed by atoms with van der Waals surface area (Å²) in [5.41, 5.74) is 0. The third-order valence-electron chi connectivity index (χ3n) is 11.7. The summed E-state index contributed by atoms with van der Waals surface area (Å²) in [6.07, 6.45) is 55.0. The average molecular weight is 830 g/mol. The third-order valence-corrected chi connectivity index (χ3v) is 11.7. The number of aliphatic hydroxyl groups is 2. The summed E-state index contributed by atoms with van der Waals surface area (Å²) >= 11 is 0. The van der Waals surface area contributed by atoms with Crippen molar-refractivity contribution in [2.24, 2.45) is 0 Å². The fraction of sp³-hybridized carbons (Fsp3) is 0.849. The summed E-state index contributed by atoms with van der Waals surface area (Å²) in [5.74, 6) is -0.493. The molecule has 3 N–H and O–H groups in total. The number of unbranched alkanes of at least 4 members (excludes halogenated alkanes) is 28. The molecule has 0 aliphatic heterocycles. The maximum Gasteiger partial charge on any atom is 0.306 e. The predicted octanol–water partition coefficient (Wildman–Crippen LogP) is 15.3. The summed E-state index contributed by atoms with van der Waals surface area (Å²) in [4.78, 5) is 26.0. The van der Waals surface area contributed by atoms with Gasteiger partial charge in [-0.25, -0.2) is 0 Å². The van der Waals surface area contributed by atoms with Crippen LogP contribution in [0.1, 0.15) is 265 Å². The monoisotopic (exact) mass is 830 g/mol. The van der Waals surface area contributed by atoms with E-state index in [1.807, 2.05) is 0 Å². The number of nitrogens with one attached hydrogen (secondary N) is 1. The molecule has 0 bridgehead atoms. The zero-order valence-electron chi connectivity index (χ0n) is 39.4. The Bertz CT molecular complexity index is 977. The summed E-state index contributed by atoms with van der Waals surface area (Å²) < 4.78 is 5.90. The molecule has 346 valence electrons. The van der Waals surface area contributed by atoms with Gasteiger partial charge in [-0.3, -0.25) is 9.59 Å². The van der Waals surface area contributed by atoms with Gasteiger partial charge >= 0.3 is 5.97 Å². The standard InChI is InChI=1S/C53H99NO5/c1-4-7-10-13-16-19-21-23-25-26-27-28-30-33-36-39-42-45-51(56)50(48-55)54-52(57)47-49(44-41-38-35-32-18-15-12-9-6-3)59-53(58)46-43-40-37-34-31-29-24-22-20-17-14-11-8-5-2/h8,11,17,20,24,29,49-51,55-56H,4-7,9-10,12-16,18-19,21-23,25-28,30-48H2,1-3H3,(H,54,57)/b11-8+,20-17+,29-24+. The summed E-state index contributed by atoms with van der Waals surface area (Å²) in [6.45, 7) is 6.37. The number of rotatable bonds is 46. The molecule has 3 atom stereocenters. The Morgan fingerprint density at radius 2 is 0.915 bits per heavy atom. The molecule has 0 fully saturated rings. The number of carbonyl (C=O) groups is 2. The Labute approximate surface area is 366 Å². The van der Waals surface area contributed by atoms with Crippen LogP contribution < -0.4 is 5.32 Å². The first-order valence-corrected chi connectivity index (χ1v) is 25.7. The number of allylic oxidation sites excluding steroid dienone is 6. The van der Waals surface area contributed by atoms with E-state index < -0.39 is 18.2 Å². The van der Waals surface area contributed by atoms with E-state index in [1.165, 1.54) is 141 Å². The van der Waals surface area contributed by atoms with E-state index in [-0.39, 0.29) is 24.9 Å². The minimum absolute atomic E-state index is 0.0715. The van der Waals surface area contributed by atoms with Crippen LogP contribution in [-0.4, -0.2) is 46.9 Å². The van der Waals surface area contributed by atoms with Crippen LogP contribution in [0, 0.1) is 0 Å². The van der Waals surface area contributed by atoms with Gasteiger partial charge in [-0.05, 0) is 57.8 Å². The molecule has 0 aliphatic carbocycles. The second-order valence-corrected chi connectivity index (χ2v) is 17.5. The molecule has 0 aliphatic rings. The van der Waals surface area contributed by atoms with Crippen molar-refractivity contribution in [1.82, 2.24) is 5.32 Å². The van der Waals surface area contributed by atoms with Gasteiger partial charge in [0, 0.05) is 6.42 Å². The van der Waals surface area contributed by atoms with Gasteiger partial charge in [0.25, 0.3) is 0 Å². The van der Waals surface area contributed by atoms with Gasteiger partial charge in [0.1, 0.15) is 6.10 Å². The van der Waals surface area contributed by atoms with Gasteiger partial charge in [-0.1, -0.05) is 231 Å². The van der Waals surface area contributed by atoms with Crippen LogP contribution in [0.5, 0.6) is 0 Å². The Kier molecular flexibility index (Phi) is 45.6. The predicted molar refractivity (Wildman–Crippen MR) is 255 cm³/mol. The number of hydrogen-bond donors (Lipinski definition) is 3. The van der Waals surface area contributed by atoms with Gasteiger partial charge in [0.2, 0.25) is 5.91 Å². The molecule has 0 radical (unpaired) electrons. The lowest BCUT2D eigenvalue weighted by Gasteiger charge is -2.24. The molecule has 3 unspecified atom stereocenters. The molecule has 0 rings (SSSR count). The second kappa shape index (κ2) is 47.1. The van der Waals surface area contributed by atoms with Crippen molar-refractivity contribution in [1.29, 1.82) is 0 Å². The lowest BCUT2D eigenvalue weighted by Crippen LogP contribution is -2.46. The van der Waals surface area contributed by atoms with Crippen molar-refractivity contribution in [3.05, 3.63) is 36.5 Å². The SMILES string of the molecule is CC/C=C/C/C=C/C/C=C/CCCCCCC(=O)OC(CCCCCCCCCCC)CC(=O)NC(CO)C(O)CCCCCCCCCCCCCCCCCCC. The highest BCUT2D eigenvalue weighted by molar-refractivity contribution is 5.77. The summed E-state index contributed by atoms with van der Waals surface area (Å²) in [6, 6.07) is -0.702. The Balaban J connectivity index is 4.43. The lowest BCUT2D eigenvalue weighted by molar-refractivity contribution is -0.151. The van der Waals surface area contributed by atoms with E-state index in [0.717, 1.165) is 77.0 Å². The zero-order valence-corrected chi connectivity index (χ0v) is 39.4. The maximum absolute atomic E-state index is 13.2. The molecular weight excluding hydrogens is 731 g/mol. The number of esters is 1. The highest BCUT2D eigenvalue weighted by Gasteiger charge is 2.24. The van der Waals surface area contributed by atoms with E-state index in [4.69, 9.17) is 4.74 Å². The highest BCUT2D eigenvalue weighted by Crippen LogP contribution is 2.18. The van der Waals surface area contributed by atoms with Gasteiger partial charge in [-0.15, -0.1) is 0 Å². The minimum atomic E-state index is -0.788. The highest BCUT2D eigenvalue weighted by atomic mass is 16.5. The third kappa shape index (κ3) is 42.6. The van der Waals surface area contributed by atoms with Crippen LogP contribution >= 0.6 is 0 Å². The fourth-order valence-electron chi connectivity index (χ4n) is 7.86. The number of ether oxygens (including phenoxy) is 1. The molecule has 0 aromatic heterocycles. The first kappa shape index (κ1) is 57.1. The summed E-state index contributed by atoms with van der Waals surface area (Å²) in [7, 11) is 0. The minimum Gasteiger partial charge on any atom is -0.462 e. The molecule has 0 aromatic carbocycles. The van der Waals surface area contributed by atoms with Crippen LogP contribution in [0.3, 0.4) is 0 Å². The van der Waals surface area contributed by atoms with Crippen LogP contribution in [0.25, 0.3) is 0 Å². The summed E-state index contributed by atoms with van der Waals surface area (Å²) in [5, 5.41) is 23.8. The van der Waals surface area contributed by atoms with E-state index in [1.54, 1.807) is 0 Å². The normalized spacial score (nSPS) is 13.5. The molecule has 59 heavy (non-hydrogen) atoms. The first-order chi connectivity index (χ1) is 29.0. The smallest absolute Gasteiger partial charge is 0.306 e. The number of amides is 1. The van der Waals surface area contributed by atoms with Crippen LogP contribution in [-0.2, 0) is 14.3 Å². The zero-order chi connectivity index (χ0) is 43.1. The van der Waals surface area contributed by atoms with E-state index in [9.17, 15) is 19.8 Å². The van der Waals surface area contributed by atoms with Gasteiger partial charge < -0.3 is 20.3 Å². The van der Waals surface area contributed by atoms with Gasteiger partial charge in [0.05, 0.1) is 25.2 Å². The first-order valence-electron chi connectivity index (χ1n) is 25.7. The van der Waals surface area contributed by atoms with Gasteiger partial charge in [0.15, 0.2) is 0 Å². The Hall–Kier alpha value is -1.92. The Morgan fingerprint density at radius 1 is 0.508 bits per heavy atom. The quantitative estimate of drug-likeness (QED) is 0.0323. The number of aliphatic hydroxyl groups excluding tert-OH is 2. The maximum atomic E-state index is 13.2. The molecule has 0 saturated heterocycles. The van der Waals surface area contributed by atoms with E-state index in [2.05, 4.69) is 62.5 Å². The van der Waals surface area contributed by atoms with Crippen LogP contribution in [0.2, 0.25) is 0 Å². The molecule has 0 saturated carbocycles. The van der Waals surface area contributed by atoms with Crippen molar-refractivity contribution < 1.29 is 24.5 Å².